The molecule has 0 aliphatic carbocycles. The molecule has 0 saturated heterocycles. The van der Waals surface area contributed by atoms with Crippen molar-refractivity contribution in [1.82, 2.24) is 4.98 Å². The van der Waals surface area contributed by atoms with Gasteiger partial charge in [0, 0.05) is 7.05 Å². The smallest absolute Gasteiger partial charge is 0.350 e. The summed E-state index contributed by atoms with van der Waals surface area (Å²) in [6, 6.07) is 0. The largest absolute Gasteiger partial charge is 0.462 e. The molecule has 2 rings (SSSR count). The molecule has 3 N–H and O–H groups in total. The molecule has 9 heteroatoms. The van der Waals surface area contributed by atoms with Crippen LogP contribution in [0.15, 0.2) is 6.20 Å². The number of anilines is 2. The zero-order chi connectivity index (χ0) is 14.9. The Bertz CT molecular complexity index is 697. The lowest BCUT2D eigenvalue weighted by atomic mass is 10.2. The predicted octanol–water partition coefficient (Wildman–Crippen LogP) is 2.01. The SMILES string of the molecule is CCOC(=O)c1sc2ncc([N+](=O)[O-])c(NC)c2c1N. The molecule has 0 unspecified atom stereocenters. The number of ether oxygens (including phenoxy) is 1. The minimum atomic E-state index is -0.558. The van der Waals surface area contributed by atoms with Crippen molar-refractivity contribution in [3.05, 3.63) is 21.2 Å². The highest BCUT2D eigenvalue weighted by Gasteiger charge is 2.25. The second kappa shape index (κ2) is 5.29. The molecule has 2 aromatic heterocycles. The number of carbonyl (C=O) groups is 1. The summed E-state index contributed by atoms with van der Waals surface area (Å²) >= 11 is 1.05. The number of pyridine rings is 1. The molecule has 0 amide bonds. The van der Waals surface area contributed by atoms with Crippen LogP contribution in [-0.2, 0) is 4.74 Å². The number of hydrogen-bond donors (Lipinski definition) is 2. The standard InChI is InChI=1S/C11H12N4O4S/c1-3-19-11(16)9-7(12)6-8(13-2)5(15(17)18)4-14-10(6)20-9/h4H,3,12H2,1-2H3,(H,13,14). The number of nitrogens with one attached hydrogen (secondary N) is 1. The summed E-state index contributed by atoms with van der Waals surface area (Å²) in [6.07, 6.45) is 1.14. The van der Waals surface area contributed by atoms with E-state index in [9.17, 15) is 14.9 Å². The van der Waals surface area contributed by atoms with E-state index in [1.807, 2.05) is 0 Å². The third kappa shape index (κ3) is 2.11. The Kier molecular flexibility index (Phi) is 3.70. The zero-order valence-electron chi connectivity index (χ0n) is 10.8. The van der Waals surface area contributed by atoms with Crippen molar-refractivity contribution < 1.29 is 14.5 Å². The van der Waals surface area contributed by atoms with Gasteiger partial charge >= 0.3 is 11.7 Å². The van der Waals surface area contributed by atoms with E-state index in [-0.39, 0.29) is 28.5 Å². The molecular formula is C11H12N4O4S. The molecule has 20 heavy (non-hydrogen) atoms. The lowest BCUT2D eigenvalue weighted by molar-refractivity contribution is -0.384. The average Bonchev–Trinajstić information content (AvgIpc) is 2.75. The molecule has 0 bridgehead atoms. The van der Waals surface area contributed by atoms with E-state index in [0.717, 1.165) is 17.5 Å². The van der Waals surface area contributed by atoms with Gasteiger partial charge in [0.2, 0.25) is 0 Å². The second-order valence-corrected chi connectivity index (χ2v) is 4.77. The summed E-state index contributed by atoms with van der Waals surface area (Å²) in [4.78, 5) is 26.8. The van der Waals surface area contributed by atoms with Crippen LogP contribution in [0.5, 0.6) is 0 Å². The van der Waals surface area contributed by atoms with E-state index < -0.39 is 10.9 Å². The van der Waals surface area contributed by atoms with Crippen molar-refractivity contribution in [2.24, 2.45) is 0 Å². The first kappa shape index (κ1) is 14.0. The van der Waals surface area contributed by atoms with Gasteiger partial charge in [0.1, 0.15) is 21.6 Å². The molecule has 0 saturated carbocycles. The highest BCUT2D eigenvalue weighted by Crippen LogP contribution is 2.41. The number of aromatic nitrogens is 1. The molecule has 8 nitrogen and oxygen atoms in total. The maximum atomic E-state index is 11.8. The van der Waals surface area contributed by atoms with Gasteiger partial charge in [-0.25, -0.2) is 9.78 Å². The molecule has 2 heterocycles. The average molecular weight is 296 g/mol. The van der Waals surface area contributed by atoms with Gasteiger partial charge in [-0.05, 0) is 6.92 Å². The van der Waals surface area contributed by atoms with Gasteiger partial charge in [-0.15, -0.1) is 11.3 Å². The fourth-order valence-corrected chi connectivity index (χ4v) is 2.78. The number of nitrogen functional groups attached to an aromatic ring is 1. The van der Waals surface area contributed by atoms with Crippen LogP contribution in [0.2, 0.25) is 0 Å². The van der Waals surface area contributed by atoms with E-state index in [4.69, 9.17) is 10.5 Å². The summed E-state index contributed by atoms with van der Waals surface area (Å²) < 4.78 is 4.90. The molecule has 2 aromatic rings. The fraction of sp³-hybridized carbons (Fsp3) is 0.273. The first-order valence-corrected chi connectivity index (χ1v) is 6.53. The summed E-state index contributed by atoms with van der Waals surface area (Å²) in [5.41, 5.74) is 6.11. The Morgan fingerprint density at radius 3 is 2.90 bits per heavy atom. The molecule has 0 aromatic carbocycles. The van der Waals surface area contributed by atoms with E-state index in [2.05, 4.69) is 10.3 Å². The first-order valence-electron chi connectivity index (χ1n) is 5.71. The number of fused-ring (bicyclic) bond motifs is 1. The van der Waals surface area contributed by atoms with Crippen LogP contribution in [-0.4, -0.2) is 29.5 Å². The van der Waals surface area contributed by atoms with Crippen LogP contribution in [0.25, 0.3) is 10.2 Å². The number of hydrogen-bond acceptors (Lipinski definition) is 8. The monoisotopic (exact) mass is 296 g/mol. The number of thiophene rings is 1. The Balaban J connectivity index is 2.72. The van der Waals surface area contributed by atoms with Crippen molar-refractivity contribution in [2.45, 2.75) is 6.92 Å². The van der Waals surface area contributed by atoms with Gasteiger partial charge in [0.25, 0.3) is 0 Å². The third-order valence-electron chi connectivity index (χ3n) is 2.64. The first-order chi connectivity index (χ1) is 9.51. The molecule has 0 aliphatic heterocycles. The van der Waals surface area contributed by atoms with Crippen LogP contribution >= 0.6 is 11.3 Å². The van der Waals surface area contributed by atoms with Crippen molar-refractivity contribution in [1.29, 1.82) is 0 Å². The number of rotatable bonds is 4. The Morgan fingerprint density at radius 1 is 1.65 bits per heavy atom. The van der Waals surface area contributed by atoms with Crippen molar-refractivity contribution in [3.8, 4) is 0 Å². The van der Waals surface area contributed by atoms with E-state index in [1.165, 1.54) is 0 Å². The second-order valence-electron chi connectivity index (χ2n) is 3.77. The number of esters is 1. The number of nitrogens with two attached hydrogens (primary N) is 1. The van der Waals surface area contributed by atoms with Crippen molar-refractivity contribution in [3.63, 3.8) is 0 Å². The minimum absolute atomic E-state index is 0.143. The highest BCUT2D eigenvalue weighted by molar-refractivity contribution is 7.21. The number of nitro groups is 1. The van der Waals surface area contributed by atoms with Gasteiger partial charge in [0.05, 0.1) is 22.6 Å². The molecule has 0 aliphatic rings. The summed E-state index contributed by atoms with van der Waals surface area (Å²) in [5.74, 6) is -0.558. The van der Waals surface area contributed by atoms with Gasteiger partial charge in [-0.2, -0.15) is 0 Å². The zero-order valence-corrected chi connectivity index (χ0v) is 11.6. The Hall–Kier alpha value is -2.42. The van der Waals surface area contributed by atoms with E-state index >= 15 is 0 Å². The van der Waals surface area contributed by atoms with Gasteiger partial charge in [0.15, 0.2) is 0 Å². The van der Waals surface area contributed by atoms with Crippen LogP contribution < -0.4 is 11.1 Å². The van der Waals surface area contributed by atoms with Crippen molar-refractivity contribution >= 4 is 44.6 Å². The van der Waals surface area contributed by atoms with Gasteiger partial charge in [-0.1, -0.05) is 0 Å². The van der Waals surface area contributed by atoms with Gasteiger partial charge in [-0.3, -0.25) is 10.1 Å². The predicted molar refractivity (Wildman–Crippen MR) is 76.2 cm³/mol. The van der Waals surface area contributed by atoms with Gasteiger partial charge < -0.3 is 15.8 Å². The number of nitrogens with zero attached hydrogens (tertiary/aromatic N) is 2. The summed E-state index contributed by atoms with van der Waals surface area (Å²) in [7, 11) is 1.54. The number of carbonyl (C=O) groups excluding carboxylic acids is 1. The Morgan fingerprint density at radius 2 is 2.35 bits per heavy atom. The lowest BCUT2D eigenvalue weighted by Gasteiger charge is -2.04. The topological polar surface area (TPSA) is 120 Å². The summed E-state index contributed by atoms with van der Waals surface area (Å²) in [6.45, 7) is 1.91. The molecule has 106 valence electrons. The van der Waals surface area contributed by atoms with E-state index in [1.54, 1.807) is 14.0 Å². The van der Waals surface area contributed by atoms with Crippen molar-refractivity contribution in [2.75, 3.05) is 24.7 Å². The van der Waals surface area contributed by atoms with Crippen LogP contribution in [0.3, 0.4) is 0 Å². The summed E-state index contributed by atoms with van der Waals surface area (Å²) in [5, 5.41) is 14.1. The van der Waals surface area contributed by atoms with Crippen LogP contribution in [0.4, 0.5) is 17.1 Å². The fourth-order valence-electron chi connectivity index (χ4n) is 1.82. The quantitative estimate of drug-likeness (QED) is 0.503. The molecule has 0 spiro atoms. The maximum absolute atomic E-state index is 11.8. The molecule has 0 radical (unpaired) electrons. The minimum Gasteiger partial charge on any atom is -0.462 e. The normalized spacial score (nSPS) is 10.5. The third-order valence-corrected chi connectivity index (χ3v) is 3.74. The molecular weight excluding hydrogens is 284 g/mol. The Labute approximate surface area is 117 Å². The highest BCUT2D eigenvalue weighted by atomic mass is 32.1. The van der Waals surface area contributed by atoms with E-state index in [0.29, 0.717) is 10.2 Å². The maximum Gasteiger partial charge on any atom is 0.350 e. The van der Waals surface area contributed by atoms with Crippen LogP contribution in [0, 0.1) is 10.1 Å². The van der Waals surface area contributed by atoms with Crippen LogP contribution in [0.1, 0.15) is 16.6 Å². The lowest BCUT2D eigenvalue weighted by Crippen LogP contribution is -2.05. The molecule has 0 atom stereocenters. The molecule has 0 fully saturated rings.